The van der Waals surface area contributed by atoms with Crippen molar-refractivity contribution < 1.29 is 8.78 Å². The van der Waals surface area contributed by atoms with Gasteiger partial charge in [0.05, 0.1) is 0 Å². The maximum Gasteiger partial charge on any atom is 0.159 e. The molecule has 0 atom stereocenters. The van der Waals surface area contributed by atoms with Crippen LogP contribution >= 0.6 is 0 Å². The lowest BCUT2D eigenvalue weighted by molar-refractivity contribution is 0.436. The van der Waals surface area contributed by atoms with Crippen LogP contribution in [0, 0.1) is 23.5 Å². The third-order valence-electron chi connectivity index (χ3n) is 7.63. The molecule has 0 radical (unpaired) electrons. The molecule has 0 amide bonds. The zero-order valence-electron chi connectivity index (χ0n) is 20.7. The molecule has 180 valence electrons. The number of halogens is 2. The molecule has 0 unspecified atom stereocenters. The summed E-state index contributed by atoms with van der Waals surface area (Å²) in [4.78, 5) is 0. The van der Waals surface area contributed by atoms with Gasteiger partial charge in [-0.2, -0.15) is 0 Å². The summed E-state index contributed by atoms with van der Waals surface area (Å²) in [6.45, 7) is 4.69. The summed E-state index contributed by atoms with van der Waals surface area (Å²) >= 11 is 0. The number of aryl methyl sites for hydroxylation is 1. The van der Waals surface area contributed by atoms with Crippen LogP contribution in [0.2, 0.25) is 18.1 Å². The zero-order chi connectivity index (χ0) is 23.9. The van der Waals surface area contributed by atoms with Crippen molar-refractivity contribution in [3.05, 3.63) is 83.9 Å². The Labute approximate surface area is 206 Å². The maximum atomic E-state index is 13.5. The van der Waals surface area contributed by atoms with Gasteiger partial charge in [-0.3, -0.25) is 0 Å². The van der Waals surface area contributed by atoms with Gasteiger partial charge in [0.2, 0.25) is 0 Å². The molecule has 1 aliphatic rings. The molecule has 1 saturated heterocycles. The second kappa shape index (κ2) is 11.9. The molecule has 4 rings (SSSR count). The SMILES string of the molecule is CC(C)CCC[SiH]1CCC(CCc2ccc(-c3ccc(-c4ccc(F)c(F)c4)cc3)cc2)CC1. The summed E-state index contributed by atoms with van der Waals surface area (Å²) in [6, 6.07) is 25.8. The summed E-state index contributed by atoms with van der Waals surface area (Å²) in [7, 11) is -0.428. The summed E-state index contributed by atoms with van der Waals surface area (Å²) in [5.74, 6) is 0.168. The third kappa shape index (κ3) is 6.88. The summed E-state index contributed by atoms with van der Waals surface area (Å²) in [6.07, 6.45) is 8.34. The van der Waals surface area contributed by atoms with E-state index in [0.717, 1.165) is 23.0 Å². The van der Waals surface area contributed by atoms with Gasteiger partial charge in [0.25, 0.3) is 0 Å². The molecule has 0 aliphatic carbocycles. The van der Waals surface area contributed by atoms with E-state index in [-0.39, 0.29) is 0 Å². The molecule has 0 nitrogen and oxygen atoms in total. The Balaban J connectivity index is 1.25. The van der Waals surface area contributed by atoms with Crippen molar-refractivity contribution in [2.45, 2.75) is 70.5 Å². The topological polar surface area (TPSA) is 0 Å². The lowest BCUT2D eigenvalue weighted by atomic mass is 9.93. The van der Waals surface area contributed by atoms with Crippen LogP contribution in [0.5, 0.6) is 0 Å². The molecule has 1 heterocycles. The van der Waals surface area contributed by atoms with Gasteiger partial charge >= 0.3 is 0 Å². The number of benzene rings is 3. The van der Waals surface area contributed by atoms with Crippen LogP contribution in [0.1, 0.15) is 51.5 Å². The molecule has 3 aromatic rings. The van der Waals surface area contributed by atoms with E-state index < -0.39 is 20.4 Å². The van der Waals surface area contributed by atoms with Crippen LogP contribution in [0.25, 0.3) is 22.3 Å². The Bertz CT molecular complexity index is 1030. The fourth-order valence-corrected chi connectivity index (χ4v) is 8.95. The Morgan fingerprint density at radius 3 is 1.91 bits per heavy atom. The molecule has 0 saturated carbocycles. The molecular weight excluding hydrogens is 438 g/mol. The van der Waals surface area contributed by atoms with Crippen molar-refractivity contribution in [1.82, 2.24) is 0 Å². The Morgan fingerprint density at radius 1 is 0.765 bits per heavy atom. The highest BCUT2D eigenvalue weighted by Crippen LogP contribution is 2.32. The summed E-state index contributed by atoms with van der Waals surface area (Å²) < 4.78 is 26.7. The Hall–Kier alpha value is -2.26. The molecule has 0 N–H and O–H groups in total. The molecule has 3 aromatic carbocycles. The number of hydrogen-bond acceptors (Lipinski definition) is 0. The Morgan fingerprint density at radius 2 is 1.32 bits per heavy atom. The first-order chi connectivity index (χ1) is 16.5. The van der Waals surface area contributed by atoms with E-state index in [9.17, 15) is 8.78 Å². The molecule has 34 heavy (non-hydrogen) atoms. The van der Waals surface area contributed by atoms with Gasteiger partial charge < -0.3 is 0 Å². The molecule has 1 fully saturated rings. The van der Waals surface area contributed by atoms with Crippen molar-refractivity contribution in [3.63, 3.8) is 0 Å². The van der Waals surface area contributed by atoms with E-state index in [1.54, 1.807) is 24.2 Å². The van der Waals surface area contributed by atoms with Crippen LogP contribution < -0.4 is 0 Å². The van der Waals surface area contributed by atoms with Crippen molar-refractivity contribution in [2.75, 3.05) is 0 Å². The monoisotopic (exact) mass is 476 g/mol. The van der Waals surface area contributed by atoms with Crippen LogP contribution in [-0.2, 0) is 6.42 Å². The molecule has 0 aromatic heterocycles. The average molecular weight is 477 g/mol. The number of rotatable bonds is 9. The predicted octanol–water partition coefficient (Wildman–Crippen LogP) is 9.30. The Kier molecular flexibility index (Phi) is 8.72. The fraction of sp³-hybridized carbons (Fsp3) is 0.419. The van der Waals surface area contributed by atoms with Crippen molar-refractivity contribution in [2.24, 2.45) is 11.8 Å². The smallest absolute Gasteiger partial charge is 0.159 e. The van der Waals surface area contributed by atoms with Gasteiger partial charge in [0.15, 0.2) is 11.6 Å². The third-order valence-corrected chi connectivity index (χ3v) is 11.2. The van der Waals surface area contributed by atoms with Crippen LogP contribution in [0.4, 0.5) is 8.78 Å². The molecule has 0 spiro atoms. The minimum atomic E-state index is -0.813. The quantitative estimate of drug-likeness (QED) is 0.270. The summed E-state index contributed by atoms with van der Waals surface area (Å²) in [5.41, 5.74) is 5.33. The first kappa shape index (κ1) is 24.8. The summed E-state index contributed by atoms with van der Waals surface area (Å²) in [5, 5.41) is 0. The number of hydrogen-bond donors (Lipinski definition) is 0. The van der Waals surface area contributed by atoms with Crippen molar-refractivity contribution in [3.8, 4) is 22.3 Å². The molecule has 0 bridgehead atoms. The van der Waals surface area contributed by atoms with Crippen LogP contribution in [0.3, 0.4) is 0 Å². The minimum absolute atomic E-state index is 0.428. The first-order valence-electron chi connectivity index (χ1n) is 13.1. The van der Waals surface area contributed by atoms with Gasteiger partial charge in [-0.25, -0.2) is 8.78 Å². The lowest BCUT2D eigenvalue weighted by Gasteiger charge is -2.28. The van der Waals surface area contributed by atoms with Crippen molar-refractivity contribution >= 4 is 8.80 Å². The predicted molar refractivity (Wildman–Crippen MR) is 144 cm³/mol. The average Bonchev–Trinajstić information content (AvgIpc) is 2.85. The van der Waals surface area contributed by atoms with Crippen molar-refractivity contribution in [1.29, 1.82) is 0 Å². The van der Waals surface area contributed by atoms with E-state index in [2.05, 4.69) is 50.2 Å². The largest absolute Gasteiger partial charge is 0.204 e. The second-order valence-corrected chi connectivity index (χ2v) is 14.1. The lowest BCUT2D eigenvalue weighted by Crippen LogP contribution is -2.21. The highest BCUT2D eigenvalue weighted by Gasteiger charge is 2.21. The van der Waals surface area contributed by atoms with Gasteiger partial charge in [-0.1, -0.05) is 112 Å². The van der Waals surface area contributed by atoms with E-state index >= 15 is 0 Å². The molecule has 3 heteroatoms. The second-order valence-electron chi connectivity index (χ2n) is 10.7. The van der Waals surface area contributed by atoms with Gasteiger partial charge in [-0.15, -0.1) is 0 Å². The molecular formula is C31H38F2Si. The van der Waals surface area contributed by atoms with E-state index in [0.29, 0.717) is 5.56 Å². The van der Waals surface area contributed by atoms with Crippen LogP contribution in [-0.4, -0.2) is 8.80 Å². The van der Waals surface area contributed by atoms with E-state index in [1.807, 2.05) is 12.1 Å². The minimum Gasteiger partial charge on any atom is -0.204 e. The standard InChI is InChI=1S/C31H38F2Si/c1-23(2)4-3-19-34-20-17-25(18-21-34)6-5-24-7-9-26(10-8-24)27-11-13-28(14-12-27)29-15-16-30(32)31(33)22-29/h7-16,22-23,25,34H,3-6,17-21H2,1-2H3. The molecule has 1 aliphatic heterocycles. The maximum absolute atomic E-state index is 13.5. The normalized spacial score (nSPS) is 18.4. The highest BCUT2D eigenvalue weighted by molar-refractivity contribution is 6.58. The van der Waals surface area contributed by atoms with Crippen LogP contribution in [0.15, 0.2) is 66.7 Å². The van der Waals surface area contributed by atoms with Gasteiger partial charge in [0.1, 0.15) is 0 Å². The fourth-order valence-electron chi connectivity index (χ4n) is 5.39. The zero-order valence-corrected chi connectivity index (χ0v) is 21.9. The van der Waals surface area contributed by atoms with E-state index in [4.69, 9.17) is 0 Å². The first-order valence-corrected chi connectivity index (χ1v) is 15.6. The van der Waals surface area contributed by atoms with Gasteiger partial charge in [-0.05, 0) is 64.6 Å². The van der Waals surface area contributed by atoms with Gasteiger partial charge in [0, 0.05) is 8.80 Å². The highest BCUT2D eigenvalue weighted by atomic mass is 28.3. The van der Waals surface area contributed by atoms with E-state index in [1.165, 1.54) is 61.8 Å².